The Morgan fingerprint density at radius 2 is 1.75 bits per heavy atom. The summed E-state index contributed by atoms with van der Waals surface area (Å²) in [6.07, 6.45) is 0. The molecule has 0 saturated carbocycles. The predicted molar refractivity (Wildman–Crippen MR) is 84.7 cm³/mol. The minimum atomic E-state index is 0.872. The average Bonchev–Trinajstić information content (AvgIpc) is 2.97. The maximum atomic E-state index is 5.17. The Kier molecular flexibility index (Phi) is 4.04. The fraction of sp³-hybridized carbons (Fsp3) is 0.0625. The molecule has 0 N–H and O–H groups in total. The molecule has 0 amide bonds. The van der Waals surface area contributed by atoms with Gasteiger partial charge in [-0.25, -0.2) is 0 Å². The first-order valence-electron chi connectivity index (χ1n) is 6.19. The number of hydrogen-bond acceptors (Lipinski definition) is 4. The Bertz CT molecular complexity index is 677. The molecule has 0 radical (unpaired) electrons. The van der Waals surface area contributed by atoms with Crippen molar-refractivity contribution in [3.05, 3.63) is 60.7 Å². The normalized spacial score (nSPS) is 10.4. The van der Waals surface area contributed by atoms with Crippen molar-refractivity contribution < 1.29 is 4.74 Å². The quantitative estimate of drug-likeness (QED) is 0.679. The van der Waals surface area contributed by atoms with Gasteiger partial charge in [0.1, 0.15) is 10.8 Å². The maximum Gasteiger partial charge on any atom is 0.118 e. The molecule has 0 atom stereocenters. The Labute approximate surface area is 126 Å². The topological polar surface area (TPSA) is 22.1 Å². The zero-order valence-corrected chi connectivity index (χ0v) is 12.6. The summed E-state index contributed by atoms with van der Waals surface area (Å²) in [6, 6.07) is 20.5. The van der Waals surface area contributed by atoms with E-state index in [-0.39, 0.29) is 0 Å². The minimum absolute atomic E-state index is 0.872. The summed E-state index contributed by atoms with van der Waals surface area (Å²) in [5, 5.41) is 1.03. The second kappa shape index (κ2) is 6.11. The average molecular weight is 299 g/mol. The zero-order valence-electron chi connectivity index (χ0n) is 10.9. The van der Waals surface area contributed by atoms with Gasteiger partial charge in [0, 0.05) is 4.90 Å². The van der Waals surface area contributed by atoms with Gasteiger partial charge in [0.25, 0.3) is 0 Å². The number of hydrogen-bond donors (Lipinski definition) is 0. The van der Waals surface area contributed by atoms with Crippen molar-refractivity contribution in [3.8, 4) is 16.2 Å². The molecule has 0 aliphatic carbocycles. The summed E-state index contributed by atoms with van der Waals surface area (Å²) in [4.78, 5) is 2.38. The first-order valence-corrected chi connectivity index (χ1v) is 7.78. The van der Waals surface area contributed by atoms with Crippen molar-refractivity contribution in [2.24, 2.45) is 0 Å². The van der Waals surface area contributed by atoms with E-state index in [0.29, 0.717) is 0 Å². The molecule has 1 aromatic heterocycles. The van der Waals surface area contributed by atoms with Crippen LogP contribution in [0.1, 0.15) is 0 Å². The molecular weight excluding hydrogens is 286 g/mol. The number of rotatable bonds is 4. The SMILES string of the molecule is COc1ccc(-c2cc(Sc3ccccc3)ns2)cc1. The lowest BCUT2D eigenvalue weighted by Gasteiger charge is -2.00. The summed E-state index contributed by atoms with van der Waals surface area (Å²) in [7, 11) is 1.68. The molecule has 0 bridgehead atoms. The first-order chi connectivity index (χ1) is 9.85. The van der Waals surface area contributed by atoms with Crippen LogP contribution < -0.4 is 4.74 Å². The van der Waals surface area contributed by atoms with E-state index in [2.05, 4.69) is 34.7 Å². The number of ether oxygens (including phenoxy) is 1. The predicted octanol–water partition coefficient (Wildman–Crippen LogP) is 4.97. The van der Waals surface area contributed by atoms with Gasteiger partial charge >= 0.3 is 0 Å². The van der Waals surface area contributed by atoms with Crippen LogP contribution in [0, 0.1) is 0 Å². The molecule has 3 rings (SSSR count). The zero-order chi connectivity index (χ0) is 13.8. The third-order valence-corrected chi connectivity index (χ3v) is 4.71. The smallest absolute Gasteiger partial charge is 0.118 e. The lowest BCUT2D eigenvalue weighted by atomic mass is 10.2. The third kappa shape index (κ3) is 3.03. The maximum absolute atomic E-state index is 5.17. The van der Waals surface area contributed by atoms with Crippen LogP contribution in [0.2, 0.25) is 0 Å². The first kappa shape index (κ1) is 13.2. The van der Waals surface area contributed by atoms with Crippen molar-refractivity contribution in [2.45, 2.75) is 9.92 Å². The second-order valence-corrected chi connectivity index (χ2v) is 6.07. The lowest BCUT2D eigenvalue weighted by Crippen LogP contribution is -1.81. The Balaban J connectivity index is 1.79. The lowest BCUT2D eigenvalue weighted by molar-refractivity contribution is 0.415. The van der Waals surface area contributed by atoms with Crippen molar-refractivity contribution in [1.29, 1.82) is 0 Å². The number of benzene rings is 2. The van der Waals surface area contributed by atoms with Crippen LogP contribution in [-0.4, -0.2) is 11.5 Å². The van der Waals surface area contributed by atoms with E-state index in [1.807, 2.05) is 30.3 Å². The van der Waals surface area contributed by atoms with Crippen LogP contribution in [0.3, 0.4) is 0 Å². The van der Waals surface area contributed by atoms with Gasteiger partial charge in [-0.05, 0) is 59.6 Å². The van der Waals surface area contributed by atoms with E-state index >= 15 is 0 Å². The Morgan fingerprint density at radius 3 is 2.45 bits per heavy atom. The summed E-state index contributed by atoms with van der Waals surface area (Å²) >= 11 is 3.21. The monoisotopic (exact) mass is 299 g/mol. The van der Waals surface area contributed by atoms with Crippen LogP contribution in [-0.2, 0) is 0 Å². The van der Waals surface area contributed by atoms with E-state index in [0.717, 1.165) is 10.8 Å². The van der Waals surface area contributed by atoms with Crippen LogP contribution in [0.15, 0.2) is 70.6 Å². The van der Waals surface area contributed by atoms with E-state index in [4.69, 9.17) is 4.74 Å². The van der Waals surface area contributed by atoms with E-state index in [9.17, 15) is 0 Å². The largest absolute Gasteiger partial charge is 0.497 e. The Hall–Kier alpha value is -1.78. The molecule has 3 aromatic rings. The molecular formula is C16H13NOS2. The molecule has 20 heavy (non-hydrogen) atoms. The van der Waals surface area contributed by atoms with Crippen LogP contribution in [0.5, 0.6) is 5.75 Å². The third-order valence-electron chi connectivity index (χ3n) is 2.83. The molecule has 0 aliphatic heterocycles. The summed E-state index contributed by atoms with van der Waals surface area (Å²) in [5.41, 5.74) is 1.17. The van der Waals surface area contributed by atoms with Gasteiger partial charge in [-0.3, -0.25) is 0 Å². The second-order valence-electron chi connectivity index (χ2n) is 4.17. The Morgan fingerprint density at radius 1 is 1.00 bits per heavy atom. The standard InChI is InChI=1S/C16H13NOS2/c1-18-13-9-7-12(8-10-13)15-11-16(17-20-15)19-14-5-3-2-4-6-14/h2-11H,1H3. The van der Waals surface area contributed by atoms with Crippen LogP contribution in [0.25, 0.3) is 10.4 Å². The summed E-state index contributed by atoms with van der Waals surface area (Å²) < 4.78 is 9.68. The summed E-state index contributed by atoms with van der Waals surface area (Å²) in [6.45, 7) is 0. The van der Waals surface area contributed by atoms with Gasteiger partial charge in [0.05, 0.1) is 12.0 Å². The molecule has 100 valence electrons. The van der Waals surface area contributed by atoms with Crippen LogP contribution >= 0.6 is 23.3 Å². The van der Waals surface area contributed by atoms with Gasteiger partial charge in [0.15, 0.2) is 0 Å². The van der Waals surface area contributed by atoms with Crippen molar-refractivity contribution >= 4 is 23.3 Å². The summed E-state index contributed by atoms with van der Waals surface area (Å²) in [5.74, 6) is 0.872. The molecule has 2 aromatic carbocycles. The van der Waals surface area contributed by atoms with E-state index < -0.39 is 0 Å². The molecule has 0 fully saturated rings. The molecule has 1 heterocycles. The van der Waals surface area contributed by atoms with Crippen molar-refractivity contribution in [3.63, 3.8) is 0 Å². The molecule has 0 saturated heterocycles. The highest BCUT2D eigenvalue weighted by molar-refractivity contribution is 7.99. The number of methoxy groups -OCH3 is 1. The highest BCUT2D eigenvalue weighted by Crippen LogP contribution is 2.33. The van der Waals surface area contributed by atoms with Crippen molar-refractivity contribution in [1.82, 2.24) is 4.37 Å². The molecule has 0 unspecified atom stereocenters. The van der Waals surface area contributed by atoms with Gasteiger partial charge in [-0.1, -0.05) is 30.0 Å². The fourth-order valence-electron chi connectivity index (χ4n) is 1.81. The highest BCUT2D eigenvalue weighted by Gasteiger charge is 2.06. The molecule has 2 nitrogen and oxygen atoms in total. The van der Waals surface area contributed by atoms with E-state index in [1.54, 1.807) is 18.9 Å². The van der Waals surface area contributed by atoms with Crippen molar-refractivity contribution in [2.75, 3.05) is 7.11 Å². The van der Waals surface area contributed by atoms with Gasteiger partial charge < -0.3 is 4.74 Å². The van der Waals surface area contributed by atoms with E-state index in [1.165, 1.54) is 26.9 Å². The van der Waals surface area contributed by atoms with Gasteiger partial charge in [-0.2, -0.15) is 4.37 Å². The van der Waals surface area contributed by atoms with Crippen LogP contribution in [0.4, 0.5) is 0 Å². The highest BCUT2D eigenvalue weighted by atomic mass is 32.2. The molecule has 0 spiro atoms. The van der Waals surface area contributed by atoms with Gasteiger partial charge in [-0.15, -0.1) is 0 Å². The minimum Gasteiger partial charge on any atom is -0.497 e. The number of nitrogens with zero attached hydrogens (tertiary/aromatic N) is 1. The van der Waals surface area contributed by atoms with Gasteiger partial charge in [0.2, 0.25) is 0 Å². The number of aromatic nitrogens is 1. The molecule has 4 heteroatoms. The molecule has 0 aliphatic rings. The fourth-order valence-corrected chi connectivity index (χ4v) is 3.50.